The molecular formula is C15H24N4. The molecule has 2 heterocycles. The molecule has 2 rings (SSSR count). The molecule has 19 heavy (non-hydrogen) atoms. The number of pyridine rings is 1. The SMILES string of the molecule is C=CCCN1CCN(Cc2ccc(NC)nc2)CC1. The second-order valence-electron chi connectivity index (χ2n) is 5.00. The highest BCUT2D eigenvalue weighted by atomic mass is 15.3. The Kier molecular flexibility index (Phi) is 5.36. The summed E-state index contributed by atoms with van der Waals surface area (Å²) in [6.07, 6.45) is 5.06. The predicted octanol–water partition coefficient (Wildman–Crippen LogP) is 1.82. The Balaban J connectivity index is 1.76. The van der Waals surface area contributed by atoms with E-state index in [1.807, 2.05) is 25.4 Å². The van der Waals surface area contributed by atoms with Gasteiger partial charge in [-0.1, -0.05) is 12.1 Å². The van der Waals surface area contributed by atoms with Crippen molar-refractivity contribution in [3.8, 4) is 0 Å². The Morgan fingerprint density at radius 2 is 2.00 bits per heavy atom. The lowest BCUT2D eigenvalue weighted by molar-refractivity contribution is 0.128. The van der Waals surface area contributed by atoms with Crippen molar-refractivity contribution in [3.63, 3.8) is 0 Å². The summed E-state index contributed by atoms with van der Waals surface area (Å²) in [5.74, 6) is 0.929. The third-order valence-electron chi connectivity index (χ3n) is 3.60. The standard InChI is InChI=1S/C15H24N4/c1-3-4-7-18-8-10-19(11-9-18)13-14-5-6-15(16-2)17-12-14/h3,5-6,12H,1,4,7-11,13H2,2H3,(H,16,17). The van der Waals surface area contributed by atoms with E-state index in [0.29, 0.717) is 0 Å². The predicted molar refractivity (Wildman–Crippen MR) is 80.3 cm³/mol. The summed E-state index contributed by atoms with van der Waals surface area (Å²) < 4.78 is 0. The molecule has 0 amide bonds. The molecule has 1 N–H and O–H groups in total. The minimum Gasteiger partial charge on any atom is -0.373 e. The van der Waals surface area contributed by atoms with Gasteiger partial charge in [0.05, 0.1) is 0 Å². The molecule has 1 aliphatic heterocycles. The number of nitrogens with one attached hydrogen (secondary N) is 1. The first-order valence-corrected chi connectivity index (χ1v) is 7.00. The van der Waals surface area contributed by atoms with Gasteiger partial charge < -0.3 is 10.2 Å². The third-order valence-corrected chi connectivity index (χ3v) is 3.60. The van der Waals surface area contributed by atoms with E-state index in [2.05, 4.69) is 32.7 Å². The molecule has 0 atom stereocenters. The molecule has 1 aliphatic rings. The van der Waals surface area contributed by atoms with Crippen LogP contribution in [0.3, 0.4) is 0 Å². The highest BCUT2D eigenvalue weighted by Gasteiger charge is 2.16. The quantitative estimate of drug-likeness (QED) is 0.791. The molecular weight excluding hydrogens is 236 g/mol. The fraction of sp³-hybridized carbons (Fsp3) is 0.533. The number of aromatic nitrogens is 1. The van der Waals surface area contributed by atoms with Gasteiger partial charge in [-0.05, 0) is 18.1 Å². The van der Waals surface area contributed by atoms with Crippen molar-refractivity contribution < 1.29 is 0 Å². The molecule has 0 spiro atoms. The van der Waals surface area contributed by atoms with Crippen LogP contribution in [-0.2, 0) is 6.54 Å². The van der Waals surface area contributed by atoms with Crippen LogP contribution in [0.15, 0.2) is 31.0 Å². The van der Waals surface area contributed by atoms with E-state index in [1.54, 1.807) is 0 Å². The molecule has 0 unspecified atom stereocenters. The molecule has 1 fully saturated rings. The van der Waals surface area contributed by atoms with Crippen molar-refractivity contribution in [1.29, 1.82) is 0 Å². The van der Waals surface area contributed by atoms with E-state index in [4.69, 9.17) is 0 Å². The summed E-state index contributed by atoms with van der Waals surface area (Å²) in [6.45, 7) is 10.5. The van der Waals surface area contributed by atoms with Crippen molar-refractivity contribution in [2.24, 2.45) is 0 Å². The Labute approximate surface area is 116 Å². The molecule has 4 nitrogen and oxygen atoms in total. The van der Waals surface area contributed by atoms with Crippen molar-refractivity contribution in [3.05, 3.63) is 36.5 Å². The maximum Gasteiger partial charge on any atom is 0.125 e. The molecule has 1 saturated heterocycles. The number of rotatable bonds is 6. The highest BCUT2D eigenvalue weighted by molar-refractivity contribution is 5.34. The number of nitrogens with zero attached hydrogens (tertiary/aromatic N) is 3. The molecule has 0 bridgehead atoms. The summed E-state index contributed by atoms with van der Waals surface area (Å²) >= 11 is 0. The molecule has 1 aromatic rings. The van der Waals surface area contributed by atoms with Crippen LogP contribution in [0.25, 0.3) is 0 Å². The molecule has 0 aromatic carbocycles. The van der Waals surface area contributed by atoms with Gasteiger partial charge in [0, 0.05) is 52.5 Å². The molecule has 4 heteroatoms. The van der Waals surface area contributed by atoms with Crippen LogP contribution in [0.5, 0.6) is 0 Å². The molecule has 104 valence electrons. The number of hydrogen-bond donors (Lipinski definition) is 1. The summed E-state index contributed by atoms with van der Waals surface area (Å²) in [5, 5.41) is 3.04. The van der Waals surface area contributed by atoms with Crippen LogP contribution in [0.1, 0.15) is 12.0 Å². The Morgan fingerprint density at radius 3 is 2.58 bits per heavy atom. The summed E-state index contributed by atoms with van der Waals surface area (Å²) in [6, 6.07) is 4.19. The van der Waals surface area contributed by atoms with Gasteiger partial charge in [0.15, 0.2) is 0 Å². The van der Waals surface area contributed by atoms with Crippen LogP contribution in [0.2, 0.25) is 0 Å². The second-order valence-corrected chi connectivity index (χ2v) is 5.00. The average molecular weight is 260 g/mol. The Bertz CT molecular complexity index is 380. The van der Waals surface area contributed by atoms with Gasteiger partial charge >= 0.3 is 0 Å². The Morgan fingerprint density at radius 1 is 1.26 bits per heavy atom. The fourth-order valence-corrected chi connectivity index (χ4v) is 2.37. The first-order valence-electron chi connectivity index (χ1n) is 7.00. The van der Waals surface area contributed by atoms with E-state index in [9.17, 15) is 0 Å². The topological polar surface area (TPSA) is 31.4 Å². The minimum atomic E-state index is 0.929. The molecule has 1 aromatic heterocycles. The number of hydrogen-bond acceptors (Lipinski definition) is 4. The normalized spacial score (nSPS) is 17.3. The summed E-state index contributed by atoms with van der Waals surface area (Å²) in [5.41, 5.74) is 1.29. The smallest absolute Gasteiger partial charge is 0.125 e. The van der Waals surface area contributed by atoms with Gasteiger partial charge in [-0.25, -0.2) is 4.98 Å². The monoisotopic (exact) mass is 260 g/mol. The summed E-state index contributed by atoms with van der Waals surface area (Å²) in [4.78, 5) is 9.37. The first-order chi connectivity index (χ1) is 9.31. The zero-order chi connectivity index (χ0) is 13.5. The van der Waals surface area contributed by atoms with Crippen molar-refractivity contribution in [2.75, 3.05) is 45.1 Å². The van der Waals surface area contributed by atoms with Crippen LogP contribution in [-0.4, -0.2) is 54.6 Å². The average Bonchev–Trinajstić information content (AvgIpc) is 2.47. The molecule has 0 aliphatic carbocycles. The van der Waals surface area contributed by atoms with Gasteiger partial charge in [0.2, 0.25) is 0 Å². The maximum absolute atomic E-state index is 4.36. The van der Waals surface area contributed by atoms with E-state index < -0.39 is 0 Å². The largest absolute Gasteiger partial charge is 0.373 e. The van der Waals surface area contributed by atoms with Crippen LogP contribution >= 0.6 is 0 Å². The number of anilines is 1. The number of piperazine rings is 1. The Hall–Kier alpha value is -1.39. The van der Waals surface area contributed by atoms with Gasteiger partial charge in [0.1, 0.15) is 5.82 Å². The van der Waals surface area contributed by atoms with Crippen molar-refractivity contribution in [2.45, 2.75) is 13.0 Å². The van der Waals surface area contributed by atoms with Gasteiger partial charge in [-0.2, -0.15) is 0 Å². The maximum atomic E-state index is 4.36. The lowest BCUT2D eigenvalue weighted by Crippen LogP contribution is -2.46. The second kappa shape index (κ2) is 7.26. The van der Waals surface area contributed by atoms with Gasteiger partial charge in [0.25, 0.3) is 0 Å². The van der Waals surface area contributed by atoms with Gasteiger partial charge in [-0.15, -0.1) is 6.58 Å². The van der Waals surface area contributed by atoms with Crippen LogP contribution in [0, 0.1) is 0 Å². The third kappa shape index (κ3) is 4.33. The molecule has 0 radical (unpaired) electrons. The lowest BCUT2D eigenvalue weighted by atomic mass is 10.2. The van der Waals surface area contributed by atoms with Crippen molar-refractivity contribution >= 4 is 5.82 Å². The van der Waals surface area contributed by atoms with E-state index in [1.165, 1.54) is 5.56 Å². The van der Waals surface area contributed by atoms with Crippen LogP contribution < -0.4 is 5.32 Å². The zero-order valence-corrected chi connectivity index (χ0v) is 11.8. The minimum absolute atomic E-state index is 0.929. The van der Waals surface area contributed by atoms with Crippen molar-refractivity contribution in [1.82, 2.24) is 14.8 Å². The van der Waals surface area contributed by atoms with E-state index in [-0.39, 0.29) is 0 Å². The molecule has 0 saturated carbocycles. The van der Waals surface area contributed by atoms with E-state index >= 15 is 0 Å². The zero-order valence-electron chi connectivity index (χ0n) is 11.8. The van der Waals surface area contributed by atoms with Gasteiger partial charge in [-0.3, -0.25) is 4.90 Å². The first kappa shape index (κ1) is 14.0. The summed E-state index contributed by atoms with van der Waals surface area (Å²) in [7, 11) is 1.89. The highest BCUT2D eigenvalue weighted by Crippen LogP contribution is 2.10. The lowest BCUT2D eigenvalue weighted by Gasteiger charge is -2.34. The fourth-order valence-electron chi connectivity index (χ4n) is 2.37. The van der Waals surface area contributed by atoms with Crippen LogP contribution in [0.4, 0.5) is 5.82 Å². The van der Waals surface area contributed by atoms with E-state index in [0.717, 1.165) is 51.5 Å².